The van der Waals surface area contributed by atoms with Crippen LogP contribution in [-0.4, -0.2) is 50.2 Å². The number of ether oxygens (including phenoxy) is 2. The number of piperazine rings is 1. The highest BCUT2D eigenvalue weighted by Crippen LogP contribution is 2.41. The van der Waals surface area contributed by atoms with Gasteiger partial charge in [0, 0.05) is 61.4 Å². The fourth-order valence-electron chi connectivity index (χ4n) is 4.81. The lowest BCUT2D eigenvalue weighted by molar-refractivity contribution is -0.130. The van der Waals surface area contributed by atoms with E-state index in [-0.39, 0.29) is 5.91 Å². The minimum atomic E-state index is 0.198. The van der Waals surface area contributed by atoms with Gasteiger partial charge >= 0.3 is 0 Å². The predicted molar refractivity (Wildman–Crippen MR) is 113 cm³/mol. The number of anilines is 1. The predicted octanol–water partition coefficient (Wildman–Crippen LogP) is 3.06. The van der Waals surface area contributed by atoms with Crippen molar-refractivity contribution in [2.24, 2.45) is 0 Å². The molecule has 2 aromatic carbocycles. The van der Waals surface area contributed by atoms with E-state index in [1.54, 1.807) is 0 Å². The van der Waals surface area contributed by atoms with Gasteiger partial charge in [0.1, 0.15) is 11.5 Å². The van der Waals surface area contributed by atoms with Crippen molar-refractivity contribution in [2.75, 3.05) is 44.3 Å². The molecule has 0 unspecified atom stereocenters. The SMILES string of the molecule is Cc1cccc(N2CCN(C(=O)Cc3c4c(cc5c3OCC5)OCC4)CC2)c1C. The summed E-state index contributed by atoms with van der Waals surface area (Å²) in [5, 5.41) is 0. The summed E-state index contributed by atoms with van der Waals surface area (Å²) in [6.07, 6.45) is 2.19. The molecule has 3 aliphatic rings. The zero-order valence-corrected chi connectivity index (χ0v) is 17.3. The van der Waals surface area contributed by atoms with Crippen molar-refractivity contribution in [2.45, 2.75) is 33.1 Å². The Morgan fingerprint density at radius 2 is 1.83 bits per heavy atom. The van der Waals surface area contributed by atoms with E-state index in [1.807, 2.05) is 4.90 Å². The molecule has 3 aliphatic heterocycles. The molecular formula is C24H28N2O3. The van der Waals surface area contributed by atoms with Gasteiger partial charge < -0.3 is 19.3 Å². The van der Waals surface area contributed by atoms with E-state index < -0.39 is 0 Å². The number of carbonyl (C=O) groups is 1. The fourth-order valence-corrected chi connectivity index (χ4v) is 4.81. The summed E-state index contributed by atoms with van der Waals surface area (Å²) >= 11 is 0. The molecule has 0 bridgehead atoms. The Hall–Kier alpha value is -2.69. The maximum atomic E-state index is 13.1. The second-order valence-corrected chi connectivity index (χ2v) is 8.28. The van der Waals surface area contributed by atoms with Crippen molar-refractivity contribution in [1.82, 2.24) is 4.90 Å². The lowest BCUT2D eigenvalue weighted by Crippen LogP contribution is -2.49. The van der Waals surface area contributed by atoms with Crippen molar-refractivity contribution in [3.63, 3.8) is 0 Å². The van der Waals surface area contributed by atoms with Crippen molar-refractivity contribution >= 4 is 11.6 Å². The number of benzene rings is 2. The monoisotopic (exact) mass is 392 g/mol. The van der Waals surface area contributed by atoms with Crippen LogP contribution in [-0.2, 0) is 24.1 Å². The molecule has 5 rings (SSSR count). The first-order chi connectivity index (χ1) is 14.1. The first-order valence-corrected chi connectivity index (χ1v) is 10.6. The average Bonchev–Trinajstić information content (AvgIpc) is 3.39. The lowest BCUT2D eigenvalue weighted by Gasteiger charge is -2.37. The van der Waals surface area contributed by atoms with Gasteiger partial charge in [-0.1, -0.05) is 12.1 Å². The first kappa shape index (κ1) is 18.3. The van der Waals surface area contributed by atoms with Crippen molar-refractivity contribution in [1.29, 1.82) is 0 Å². The molecule has 0 saturated carbocycles. The van der Waals surface area contributed by atoms with Crippen LogP contribution in [0.3, 0.4) is 0 Å². The number of rotatable bonds is 3. The van der Waals surface area contributed by atoms with Crippen molar-refractivity contribution in [3.8, 4) is 11.5 Å². The zero-order valence-electron chi connectivity index (χ0n) is 17.3. The van der Waals surface area contributed by atoms with E-state index in [4.69, 9.17) is 9.47 Å². The highest BCUT2D eigenvalue weighted by atomic mass is 16.5. The molecule has 29 heavy (non-hydrogen) atoms. The summed E-state index contributed by atoms with van der Waals surface area (Å²) < 4.78 is 11.7. The third kappa shape index (κ3) is 3.22. The van der Waals surface area contributed by atoms with Crippen LogP contribution in [0.2, 0.25) is 0 Å². The molecule has 5 heteroatoms. The van der Waals surface area contributed by atoms with Gasteiger partial charge in [0.15, 0.2) is 0 Å². The fraction of sp³-hybridized carbons (Fsp3) is 0.458. The minimum Gasteiger partial charge on any atom is -0.493 e. The molecular weight excluding hydrogens is 364 g/mol. The highest BCUT2D eigenvalue weighted by Gasteiger charge is 2.30. The molecule has 0 spiro atoms. The maximum absolute atomic E-state index is 13.1. The molecule has 1 amide bonds. The number of hydrogen-bond donors (Lipinski definition) is 0. The molecule has 5 nitrogen and oxygen atoms in total. The van der Waals surface area contributed by atoms with Gasteiger partial charge in [-0.15, -0.1) is 0 Å². The minimum absolute atomic E-state index is 0.198. The van der Waals surface area contributed by atoms with E-state index in [9.17, 15) is 4.79 Å². The van der Waals surface area contributed by atoms with Crippen LogP contribution >= 0.6 is 0 Å². The van der Waals surface area contributed by atoms with Gasteiger partial charge in [-0.05, 0) is 37.1 Å². The van der Waals surface area contributed by atoms with Gasteiger partial charge in [-0.25, -0.2) is 0 Å². The highest BCUT2D eigenvalue weighted by molar-refractivity contribution is 5.81. The third-order valence-corrected chi connectivity index (χ3v) is 6.64. The number of carbonyl (C=O) groups excluding carboxylic acids is 1. The van der Waals surface area contributed by atoms with Crippen LogP contribution in [0.25, 0.3) is 0 Å². The Morgan fingerprint density at radius 1 is 1.03 bits per heavy atom. The first-order valence-electron chi connectivity index (χ1n) is 10.6. The average molecular weight is 392 g/mol. The summed E-state index contributed by atoms with van der Waals surface area (Å²) in [7, 11) is 0. The second kappa shape index (κ2) is 7.29. The maximum Gasteiger partial charge on any atom is 0.227 e. The lowest BCUT2D eigenvalue weighted by atomic mass is 9.96. The summed E-state index contributed by atoms with van der Waals surface area (Å²) in [4.78, 5) is 17.6. The molecule has 1 saturated heterocycles. The molecule has 0 N–H and O–H groups in total. The Morgan fingerprint density at radius 3 is 2.66 bits per heavy atom. The van der Waals surface area contributed by atoms with E-state index in [0.29, 0.717) is 19.6 Å². The summed E-state index contributed by atoms with van der Waals surface area (Å²) in [5.41, 5.74) is 7.37. The topological polar surface area (TPSA) is 42.0 Å². The van der Waals surface area contributed by atoms with Crippen LogP contribution in [0.1, 0.15) is 27.8 Å². The Balaban J connectivity index is 1.30. The molecule has 2 aromatic rings. The number of aryl methyl sites for hydroxylation is 1. The summed E-state index contributed by atoms with van der Waals surface area (Å²) in [5.74, 6) is 2.09. The standard InChI is InChI=1S/C24H28N2O3/c1-16-4-3-5-21(17(16)2)25-8-10-26(11-9-25)23(27)15-20-19-7-13-28-22(19)14-18-6-12-29-24(18)20/h3-5,14H,6-13,15H2,1-2H3. The van der Waals surface area contributed by atoms with Gasteiger partial charge in [-0.3, -0.25) is 4.79 Å². The Bertz CT molecular complexity index is 929. The quantitative estimate of drug-likeness (QED) is 0.805. The van der Waals surface area contributed by atoms with Crippen LogP contribution in [0.5, 0.6) is 11.5 Å². The van der Waals surface area contributed by atoms with Crippen molar-refractivity contribution in [3.05, 3.63) is 52.1 Å². The van der Waals surface area contributed by atoms with E-state index in [2.05, 4.69) is 43.0 Å². The molecule has 152 valence electrons. The summed E-state index contributed by atoms with van der Waals surface area (Å²) in [6, 6.07) is 8.57. The van der Waals surface area contributed by atoms with Crippen molar-refractivity contribution < 1.29 is 14.3 Å². The molecule has 3 heterocycles. The zero-order chi connectivity index (χ0) is 20.0. The third-order valence-electron chi connectivity index (χ3n) is 6.64. The number of amides is 1. The number of hydrogen-bond acceptors (Lipinski definition) is 4. The molecule has 1 fully saturated rings. The van der Waals surface area contributed by atoms with Gasteiger partial charge in [0.25, 0.3) is 0 Å². The second-order valence-electron chi connectivity index (χ2n) is 8.28. The van der Waals surface area contributed by atoms with Crippen LogP contribution in [0, 0.1) is 13.8 Å². The Labute approximate surface area is 172 Å². The molecule has 0 aliphatic carbocycles. The van der Waals surface area contributed by atoms with E-state index in [0.717, 1.165) is 56.1 Å². The van der Waals surface area contributed by atoms with Gasteiger partial charge in [-0.2, -0.15) is 0 Å². The van der Waals surface area contributed by atoms with Crippen LogP contribution in [0.4, 0.5) is 5.69 Å². The molecule has 0 aromatic heterocycles. The molecule has 0 atom stereocenters. The number of fused-ring (bicyclic) bond motifs is 2. The van der Waals surface area contributed by atoms with Gasteiger partial charge in [0.2, 0.25) is 5.91 Å². The summed E-state index contributed by atoms with van der Waals surface area (Å²) in [6.45, 7) is 9.02. The van der Waals surface area contributed by atoms with Gasteiger partial charge in [0.05, 0.1) is 19.6 Å². The van der Waals surface area contributed by atoms with Crippen LogP contribution in [0.15, 0.2) is 24.3 Å². The number of nitrogens with zero attached hydrogens (tertiary/aromatic N) is 2. The van der Waals surface area contributed by atoms with E-state index >= 15 is 0 Å². The van der Waals surface area contributed by atoms with Crippen LogP contribution < -0.4 is 14.4 Å². The largest absolute Gasteiger partial charge is 0.493 e. The van der Waals surface area contributed by atoms with E-state index in [1.165, 1.54) is 27.9 Å². The molecule has 0 radical (unpaired) electrons. The smallest absolute Gasteiger partial charge is 0.227 e. The Kier molecular flexibility index (Phi) is 4.61. The normalized spacial score (nSPS) is 17.6.